The molecule has 0 amide bonds. The van der Waals surface area contributed by atoms with Gasteiger partial charge in [-0.1, -0.05) is 183 Å². The fraction of sp³-hybridized carbons (Fsp3) is 0.0545. The monoisotopic (exact) mass is 754 g/mol. The molecule has 0 fully saturated rings. The minimum absolute atomic E-state index is 0.402. The van der Waals surface area contributed by atoms with Crippen molar-refractivity contribution in [2.75, 3.05) is 0 Å². The topological polar surface area (TPSA) is 51.6 Å². The van der Waals surface area contributed by atoms with Crippen molar-refractivity contribution in [3.8, 4) is 56.4 Å². The van der Waals surface area contributed by atoms with Gasteiger partial charge in [-0.2, -0.15) is 0 Å². The smallest absolute Gasteiger partial charge is 0.164 e. The number of hydrogen-bond donors (Lipinski definition) is 0. The number of fused-ring (bicyclic) bond motifs is 5. The Balaban J connectivity index is 1.03. The third-order valence-corrected chi connectivity index (χ3v) is 11.8. The third-order valence-electron chi connectivity index (χ3n) is 11.8. The first-order chi connectivity index (χ1) is 29.1. The van der Waals surface area contributed by atoms with Crippen LogP contribution in [0.1, 0.15) is 19.0 Å². The molecule has 0 spiro atoms. The first-order valence-electron chi connectivity index (χ1n) is 20.3. The Hall–Kier alpha value is -7.56. The quantitative estimate of drug-likeness (QED) is 0.159. The molecule has 4 heteroatoms. The predicted molar refractivity (Wildman–Crippen MR) is 246 cm³/mol. The lowest BCUT2D eigenvalue weighted by Crippen LogP contribution is -2.03. The maximum absolute atomic E-state index is 5.27. The first kappa shape index (κ1) is 34.7. The Labute approximate surface area is 342 Å². The normalized spacial score (nSPS) is 14.0. The lowest BCUT2D eigenvalue weighted by atomic mass is 9.88. The molecule has 10 aromatic rings. The molecule has 1 aliphatic rings. The summed E-state index contributed by atoms with van der Waals surface area (Å²) in [6.07, 6.45) is 7.65. The second-order valence-electron chi connectivity index (χ2n) is 15.4. The largest absolute Gasteiger partial charge is 0.248 e. The number of benzene rings is 8. The summed E-state index contributed by atoms with van der Waals surface area (Å²) in [4.78, 5) is 20.7. The predicted octanol–water partition coefficient (Wildman–Crippen LogP) is 14.2. The van der Waals surface area contributed by atoms with E-state index in [1.54, 1.807) is 0 Å². The van der Waals surface area contributed by atoms with Crippen molar-refractivity contribution in [1.29, 1.82) is 0 Å². The Morgan fingerprint density at radius 3 is 1.66 bits per heavy atom. The highest BCUT2D eigenvalue weighted by molar-refractivity contribution is 6.13. The standard InChI is InChI=1S/C55H38N4/c1-35-13-2-6-21-43(35)51-34-49(52-46-24-9-5-16-39(46)31-32-50(52)56-51)42-20-10-19-41(33-42)36-27-29-40(30-28-36)53-57-54(47-25-11-17-37-14-3-7-22-44(37)47)59-55(58-53)48-26-12-18-38-15-4-8-23-45(38)48/h2-12,14-35H,13H2,1H3. The number of allylic oxidation sites excluding steroid dienone is 4. The zero-order chi connectivity index (χ0) is 39.3. The van der Waals surface area contributed by atoms with Gasteiger partial charge in [-0.3, -0.25) is 0 Å². The molecule has 2 aromatic heterocycles. The molecular formula is C55H38N4. The van der Waals surface area contributed by atoms with Crippen molar-refractivity contribution in [3.05, 3.63) is 200 Å². The van der Waals surface area contributed by atoms with E-state index in [-0.39, 0.29) is 0 Å². The van der Waals surface area contributed by atoms with Gasteiger partial charge in [-0.05, 0) is 90.7 Å². The molecule has 4 nitrogen and oxygen atoms in total. The van der Waals surface area contributed by atoms with E-state index in [0.717, 1.165) is 72.6 Å². The van der Waals surface area contributed by atoms with Crippen molar-refractivity contribution in [2.24, 2.45) is 5.92 Å². The molecule has 2 heterocycles. The summed E-state index contributed by atoms with van der Waals surface area (Å²) in [5, 5.41) is 8.10. The Kier molecular flexibility index (Phi) is 8.48. The molecule has 0 aliphatic heterocycles. The fourth-order valence-electron chi connectivity index (χ4n) is 8.73. The van der Waals surface area contributed by atoms with Crippen molar-refractivity contribution in [1.82, 2.24) is 19.9 Å². The minimum Gasteiger partial charge on any atom is -0.248 e. The van der Waals surface area contributed by atoms with E-state index in [9.17, 15) is 0 Å². The lowest BCUT2D eigenvalue weighted by molar-refractivity contribution is 0.755. The molecule has 1 aliphatic carbocycles. The molecular weight excluding hydrogens is 717 g/mol. The highest BCUT2D eigenvalue weighted by atomic mass is 15.0. The van der Waals surface area contributed by atoms with Gasteiger partial charge in [-0.25, -0.2) is 19.9 Å². The number of pyridine rings is 1. The van der Waals surface area contributed by atoms with Gasteiger partial charge in [0.15, 0.2) is 17.5 Å². The van der Waals surface area contributed by atoms with E-state index in [0.29, 0.717) is 23.4 Å². The zero-order valence-electron chi connectivity index (χ0n) is 32.5. The highest BCUT2D eigenvalue weighted by Gasteiger charge is 2.19. The van der Waals surface area contributed by atoms with Gasteiger partial charge in [0.2, 0.25) is 0 Å². The van der Waals surface area contributed by atoms with Crippen molar-refractivity contribution in [3.63, 3.8) is 0 Å². The zero-order valence-corrected chi connectivity index (χ0v) is 32.5. The van der Waals surface area contributed by atoms with Gasteiger partial charge in [0, 0.05) is 22.1 Å². The van der Waals surface area contributed by atoms with E-state index in [1.807, 2.05) is 0 Å². The lowest BCUT2D eigenvalue weighted by Gasteiger charge is -2.19. The summed E-state index contributed by atoms with van der Waals surface area (Å²) >= 11 is 0. The van der Waals surface area contributed by atoms with Gasteiger partial charge in [-0.15, -0.1) is 0 Å². The van der Waals surface area contributed by atoms with Crippen molar-refractivity contribution >= 4 is 48.8 Å². The van der Waals surface area contributed by atoms with E-state index >= 15 is 0 Å². The van der Waals surface area contributed by atoms with Crippen LogP contribution in [-0.4, -0.2) is 19.9 Å². The maximum atomic E-state index is 5.27. The highest BCUT2D eigenvalue weighted by Crippen LogP contribution is 2.40. The van der Waals surface area contributed by atoms with Crippen LogP contribution in [-0.2, 0) is 0 Å². The summed E-state index contributed by atoms with van der Waals surface area (Å²) in [6.45, 7) is 2.29. The van der Waals surface area contributed by atoms with Gasteiger partial charge in [0.05, 0.1) is 11.2 Å². The summed E-state index contributed by atoms with van der Waals surface area (Å²) < 4.78 is 0. The molecule has 59 heavy (non-hydrogen) atoms. The van der Waals surface area contributed by atoms with Crippen LogP contribution in [0, 0.1) is 5.92 Å². The molecule has 278 valence electrons. The van der Waals surface area contributed by atoms with E-state index in [2.05, 4.69) is 201 Å². The van der Waals surface area contributed by atoms with Crippen LogP contribution in [0.4, 0.5) is 0 Å². The second-order valence-corrected chi connectivity index (χ2v) is 15.4. The summed E-state index contributed by atoms with van der Waals surface area (Å²) in [5.41, 5.74) is 10.8. The molecule has 1 unspecified atom stereocenters. The number of rotatable bonds is 6. The first-order valence-corrected chi connectivity index (χ1v) is 20.3. The number of aromatic nitrogens is 4. The maximum Gasteiger partial charge on any atom is 0.164 e. The van der Waals surface area contributed by atoms with E-state index in [1.165, 1.54) is 27.3 Å². The average molecular weight is 755 g/mol. The molecule has 0 N–H and O–H groups in total. The van der Waals surface area contributed by atoms with Crippen LogP contribution >= 0.6 is 0 Å². The SMILES string of the molecule is CC1CC=CC=C1c1cc(-c2cccc(-c3ccc(-c4nc(-c5cccc6ccccc56)nc(-c5cccc6ccccc56)n4)cc3)c2)c2c(ccc3ccccc32)n1. The number of nitrogens with zero attached hydrogens (tertiary/aromatic N) is 4. The molecule has 0 bridgehead atoms. The number of hydrogen-bond acceptors (Lipinski definition) is 4. The van der Waals surface area contributed by atoms with Crippen LogP contribution in [0.2, 0.25) is 0 Å². The molecule has 1 atom stereocenters. The fourth-order valence-corrected chi connectivity index (χ4v) is 8.73. The van der Waals surface area contributed by atoms with Crippen LogP contribution in [0.25, 0.3) is 105 Å². The van der Waals surface area contributed by atoms with E-state index in [4.69, 9.17) is 19.9 Å². The Morgan fingerprint density at radius 1 is 0.424 bits per heavy atom. The Bertz CT molecular complexity index is 3210. The summed E-state index contributed by atoms with van der Waals surface area (Å²) in [5.74, 6) is 2.34. The van der Waals surface area contributed by atoms with Crippen LogP contribution in [0.3, 0.4) is 0 Å². The third kappa shape index (κ3) is 6.27. The van der Waals surface area contributed by atoms with Crippen molar-refractivity contribution < 1.29 is 0 Å². The average Bonchev–Trinajstić information content (AvgIpc) is 3.31. The molecule has 0 radical (unpaired) electrons. The molecule has 0 saturated heterocycles. The molecule has 0 saturated carbocycles. The minimum atomic E-state index is 0.402. The Morgan fingerprint density at radius 2 is 0.983 bits per heavy atom. The van der Waals surface area contributed by atoms with Gasteiger partial charge >= 0.3 is 0 Å². The molecule has 11 rings (SSSR count). The van der Waals surface area contributed by atoms with Gasteiger partial charge in [0.25, 0.3) is 0 Å². The van der Waals surface area contributed by atoms with Crippen LogP contribution < -0.4 is 0 Å². The summed E-state index contributed by atoms with van der Waals surface area (Å²) in [7, 11) is 0. The van der Waals surface area contributed by atoms with Crippen LogP contribution in [0.5, 0.6) is 0 Å². The van der Waals surface area contributed by atoms with Crippen LogP contribution in [0.15, 0.2) is 194 Å². The van der Waals surface area contributed by atoms with Gasteiger partial charge in [0.1, 0.15) is 0 Å². The van der Waals surface area contributed by atoms with Crippen molar-refractivity contribution in [2.45, 2.75) is 13.3 Å². The second kappa shape index (κ2) is 14.4. The summed E-state index contributed by atoms with van der Waals surface area (Å²) in [6, 6.07) is 62.2. The molecule has 8 aromatic carbocycles. The van der Waals surface area contributed by atoms with Gasteiger partial charge < -0.3 is 0 Å². The van der Waals surface area contributed by atoms with E-state index < -0.39 is 0 Å².